The van der Waals surface area contributed by atoms with E-state index in [4.69, 9.17) is 0 Å². The highest BCUT2D eigenvalue weighted by molar-refractivity contribution is 8.01. The molecule has 2 heteroatoms. The second kappa shape index (κ2) is 7.32. The maximum atomic E-state index is 4.68. The summed E-state index contributed by atoms with van der Waals surface area (Å²) in [5, 5.41) is 1.24. The largest absolute Gasteiger partial charge is 0.279 e. The van der Waals surface area contributed by atoms with Crippen molar-refractivity contribution in [2.75, 3.05) is 0 Å². The molecule has 0 saturated carbocycles. The second-order valence-electron chi connectivity index (χ2n) is 4.56. The Bertz CT molecular complexity index is 201. The molecule has 0 aromatic rings. The maximum absolute atomic E-state index is 4.68. The van der Waals surface area contributed by atoms with Crippen LogP contribution in [0.5, 0.6) is 0 Å². The van der Waals surface area contributed by atoms with E-state index in [0.717, 1.165) is 0 Å². The zero-order chi connectivity index (χ0) is 11.1. The standard InChI is InChI=1S/C13H25NS/c1-4-5-6-7-8-9-10-13-14-11(2)12(3)15-13/h12-13H,4-10H2,1-3H3/t12-,13-/m1/s1. The molecule has 1 nitrogen and oxygen atoms in total. The summed E-state index contributed by atoms with van der Waals surface area (Å²) in [7, 11) is 0. The first-order valence-corrected chi connectivity index (χ1v) is 7.38. The number of nitrogens with zero attached hydrogens (tertiary/aromatic N) is 1. The number of hydrogen-bond donors (Lipinski definition) is 0. The summed E-state index contributed by atoms with van der Waals surface area (Å²) >= 11 is 2.04. The highest BCUT2D eigenvalue weighted by Crippen LogP contribution is 2.30. The highest BCUT2D eigenvalue weighted by atomic mass is 32.2. The van der Waals surface area contributed by atoms with Gasteiger partial charge in [-0.25, -0.2) is 0 Å². The minimum absolute atomic E-state index is 0.575. The van der Waals surface area contributed by atoms with Gasteiger partial charge in [0.25, 0.3) is 0 Å². The average Bonchev–Trinajstić information content (AvgIpc) is 2.52. The van der Waals surface area contributed by atoms with Crippen molar-refractivity contribution in [2.24, 2.45) is 4.99 Å². The molecule has 0 aromatic carbocycles. The third-order valence-electron chi connectivity index (χ3n) is 3.10. The fourth-order valence-corrected chi connectivity index (χ4v) is 3.19. The number of rotatable bonds is 7. The molecule has 1 aliphatic rings. The molecule has 0 fully saturated rings. The van der Waals surface area contributed by atoms with Crippen LogP contribution in [0.25, 0.3) is 0 Å². The van der Waals surface area contributed by atoms with Gasteiger partial charge in [0.1, 0.15) is 0 Å². The molecular formula is C13H25NS. The number of thioether (sulfide) groups is 1. The molecule has 1 aliphatic heterocycles. The van der Waals surface area contributed by atoms with Gasteiger partial charge in [0.15, 0.2) is 0 Å². The van der Waals surface area contributed by atoms with Crippen molar-refractivity contribution < 1.29 is 0 Å². The van der Waals surface area contributed by atoms with Gasteiger partial charge in [-0.2, -0.15) is 0 Å². The number of aliphatic imine (C=N–C) groups is 1. The minimum Gasteiger partial charge on any atom is -0.279 e. The molecule has 15 heavy (non-hydrogen) atoms. The SMILES string of the molecule is CCCCCCCC[C@@H]1N=C(C)[C@@H](C)S1. The van der Waals surface area contributed by atoms with Crippen molar-refractivity contribution in [3.63, 3.8) is 0 Å². The van der Waals surface area contributed by atoms with Crippen LogP contribution in [-0.2, 0) is 0 Å². The average molecular weight is 227 g/mol. The number of unbranched alkanes of at least 4 members (excludes halogenated alkanes) is 5. The van der Waals surface area contributed by atoms with E-state index < -0.39 is 0 Å². The fraction of sp³-hybridized carbons (Fsp3) is 0.923. The van der Waals surface area contributed by atoms with Gasteiger partial charge in [-0.15, -0.1) is 11.8 Å². The van der Waals surface area contributed by atoms with Crippen molar-refractivity contribution in [1.29, 1.82) is 0 Å². The lowest BCUT2D eigenvalue weighted by molar-refractivity contribution is 0.586. The summed E-state index contributed by atoms with van der Waals surface area (Å²) < 4.78 is 0. The van der Waals surface area contributed by atoms with Gasteiger partial charge >= 0.3 is 0 Å². The van der Waals surface area contributed by atoms with E-state index >= 15 is 0 Å². The summed E-state index contributed by atoms with van der Waals surface area (Å²) in [4.78, 5) is 4.68. The lowest BCUT2D eigenvalue weighted by Gasteiger charge is -2.07. The Kier molecular flexibility index (Phi) is 6.39. The zero-order valence-corrected chi connectivity index (χ0v) is 11.3. The first kappa shape index (κ1) is 13.1. The minimum atomic E-state index is 0.575. The molecule has 88 valence electrons. The van der Waals surface area contributed by atoms with Gasteiger partial charge in [0.05, 0.1) is 5.37 Å². The van der Waals surface area contributed by atoms with Crippen LogP contribution in [-0.4, -0.2) is 16.3 Å². The molecular weight excluding hydrogens is 202 g/mol. The van der Waals surface area contributed by atoms with Crippen molar-refractivity contribution in [1.82, 2.24) is 0 Å². The van der Waals surface area contributed by atoms with E-state index in [1.807, 2.05) is 11.8 Å². The van der Waals surface area contributed by atoms with Crippen molar-refractivity contribution in [3.05, 3.63) is 0 Å². The monoisotopic (exact) mass is 227 g/mol. The van der Waals surface area contributed by atoms with E-state index in [0.29, 0.717) is 10.6 Å². The Morgan fingerprint density at radius 1 is 1.13 bits per heavy atom. The van der Waals surface area contributed by atoms with Crippen LogP contribution in [0.3, 0.4) is 0 Å². The lowest BCUT2D eigenvalue weighted by Crippen LogP contribution is -2.02. The molecule has 1 heterocycles. The molecule has 1 rings (SSSR count). The zero-order valence-electron chi connectivity index (χ0n) is 10.5. The van der Waals surface area contributed by atoms with E-state index in [9.17, 15) is 0 Å². The molecule has 0 aromatic heterocycles. The highest BCUT2D eigenvalue weighted by Gasteiger charge is 2.21. The van der Waals surface area contributed by atoms with Gasteiger partial charge in [0.2, 0.25) is 0 Å². The van der Waals surface area contributed by atoms with E-state index in [1.165, 1.54) is 50.7 Å². The second-order valence-corrected chi connectivity index (χ2v) is 6.08. The summed E-state index contributed by atoms with van der Waals surface area (Å²) in [6, 6.07) is 0. The first-order valence-electron chi connectivity index (χ1n) is 6.43. The van der Waals surface area contributed by atoms with E-state index in [2.05, 4.69) is 25.8 Å². The van der Waals surface area contributed by atoms with Crippen LogP contribution in [0.1, 0.15) is 65.7 Å². The molecule has 2 atom stereocenters. The van der Waals surface area contributed by atoms with Crippen molar-refractivity contribution in [2.45, 2.75) is 76.3 Å². The molecule has 0 spiro atoms. The van der Waals surface area contributed by atoms with Gasteiger partial charge in [0, 0.05) is 11.0 Å². The van der Waals surface area contributed by atoms with Gasteiger partial charge < -0.3 is 0 Å². The predicted octanol–water partition coefficient (Wildman–Crippen LogP) is 4.66. The maximum Gasteiger partial charge on any atom is 0.0957 e. The fourth-order valence-electron chi connectivity index (χ4n) is 1.93. The van der Waals surface area contributed by atoms with Crippen molar-refractivity contribution >= 4 is 17.5 Å². The quantitative estimate of drug-likeness (QED) is 0.576. The molecule has 0 amide bonds. The smallest absolute Gasteiger partial charge is 0.0957 e. The molecule has 0 N–H and O–H groups in total. The summed E-state index contributed by atoms with van der Waals surface area (Å²) in [6.07, 6.45) is 9.66. The van der Waals surface area contributed by atoms with Gasteiger partial charge in [-0.1, -0.05) is 45.4 Å². The van der Waals surface area contributed by atoms with Crippen LogP contribution in [0.2, 0.25) is 0 Å². The van der Waals surface area contributed by atoms with Crippen molar-refractivity contribution in [3.8, 4) is 0 Å². The third kappa shape index (κ3) is 5.05. The summed E-state index contributed by atoms with van der Waals surface area (Å²) in [5.74, 6) is 0. The lowest BCUT2D eigenvalue weighted by atomic mass is 10.1. The third-order valence-corrected chi connectivity index (χ3v) is 4.51. The predicted molar refractivity (Wildman–Crippen MR) is 71.9 cm³/mol. The molecule has 0 unspecified atom stereocenters. The Hall–Kier alpha value is 0.0200. The Morgan fingerprint density at radius 3 is 2.40 bits per heavy atom. The van der Waals surface area contributed by atoms with E-state index in [-0.39, 0.29) is 0 Å². The van der Waals surface area contributed by atoms with Gasteiger partial charge in [-0.05, 0) is 20.3 Å². The molecule has 0 saturated heterocycles. The Balaban J connectivity index is 1.97. The van der Waals surface area contributed by atoms with Crippen LogP contribution >= 0.6 is 11.8 Å². The Labute approximate surface area is 99.1 Å². The normalized spacial score (nSPS) is 25.7. The summed E-state index contributed by atoms with van der Waals surface area (Å²) in [6.45, 7) is 6.71. The van der Waals surface area contributed by atoms with Crippen LogP contribution in [0.4, 0.5) is 0 Å². The van der Waals surface area contributed by atoms with Gasteiger partial charge in [-0.3, -0.25) is 4.99 Å². The Morgan fingerprint density at radius 2 is 1.80 bits per heavy atom. The van der Waals surface area contributed by atoms with Crippen LogP contribution < -0.4 is 0 Å². The summed E-state index contributed by atoms with van der Waals surface area (Å²) in [5.41, 5.74) is 1.34. The first-order chi connectivity index (χ1) is 7.24. The van der Waals surface area contributed by atoms with Crippen LogP contribution in [0.15, 0.2) is 4.99 Å². The molecule has 0 bridgehead atoms. The topological polar surface area (TPSA) is 12.4 Å². The molecule has 0 radical (unpaired) electrons. The number of hydrogen-bond acceptors (Lipinski definition) is 2. The van der Waals surface area contributed by atoms with E-state index in [1.54, 1.807) is 0 Å². The molecule has 0 aliphatic carbocycles. The van der Waals surface area contributed by atoms with Crippen LogP contribution in [0, 0.1) is 0 Å².